The lowest BCUT2D eigenvalue weighted by Crippen LogP contribution is -1.96. The molecule has 0 aromatic heterocycles. The number of hydrogen-bond donors (Lipinski definition) is 0. The fraction of sp³-hybridized carbons (Fsp3) is 0.273. The van der Waals surface area contributed by atoms with Crippen molar-refractivity contribution in [3.05, 3.63) is 38.9 Å². The Balaban J connectivity index is 3.40. The minimum absolute atomic E-state index is 0.0464. The third kappa shape index (κ3) is 2.71. The minimum atomic E-state index is -0.418. The molecule has 78 valence electrons. The second-order valence-corrected chi connectivity index (χ2v) is 3.44. The van der Waals surface area contributed by atoms with Crippen molar-refractivity contribution in [2.75, 3.05) is 5.88 Å². The Hall–Kier alpha value is -1.53. The van der Waals surface area contributed by atoms with Gasteiger partial charge in [0.25, 0.3) is 5.69 Å². The van der Waals surface area contributed by atoms with Crippen LogP contribution < -0.4 is 0 Å². The molecule has 15 heavy (non-hydrogen) atoms. The van der Waals surface area contributed by atoms with Gasteiger partial charge < -0.3 is 0 Å². The van der Waals surface area contributed by atoms with Gasteiger partial charge >= 0.3 is 0 Å². The Morgan fingerprint density at radius 2 is 2.13 bits per heavy atom. The van der Waals surface area contributed by atoms with Gasteiger partial charge in [-0.3, -0.25) is 10.1 Å². The van der Waals surface area contributed by atoms with E-state index in [2.05, 4.69) is 11.8 Å². The number of rotatable bonds is 1. The van der Waals surface area contributed by atoms with Crippen LogP contribution in [0.1, 0.15) is 16.7 Å². The van der Waals surface area contributed by atoms with Crippen LogP contribution in [-0.4, -0.2) is 10.8 Å². The molecule has 0 unspecified atom stereocenters. The molecule has 3 nitrogen and oxygen atoms in total. The first-order chi connectivity index (χ1) is 7.06. The highest BCUT2D eigenvalue weighted by molar-refractivity contribution is 6.19. The van der Waals surface area contributed by atoms with E-state index in [1.165, 1.54) is 6.07 Å². The first-order valence-corrected chi connectivity index (χ1v) is 4.90. The van der Waals surface area contributed by atoms with Crippen LogP contribution in [0.15, 0.2) is 12.1 Å². The highest BCUT2D eigenvalue weighted by Crippen LogP contribution is 2.23. The highest BCUT2D eigenvalue weighted by Gasteiger charge is 2.14. The van der Waals surface area contributed by atoms with E-state index in [9.17, 15) is 10.1 Å². The summed E-state index contributed by atoms with van der Waals surface area (Å²) in [5.74, 6) is 5.52. The Morgan fingerprint density at radius 1 is 1.47 bits per heavy atom. The summed E-state index contributed by atoms with van der Waals surface area (Å²) in [5, 5.41) is 10.8. The first-order valence-electron chi connectivity index (χ1n) is 4.36. The van der Waals surface area contributed by atoms with E-state index in [0.717, 1.165) is 11.1 Å². The highest BCUT2D eigenvalue weighted by atomic mass is 35.5. The van der Waals surface area contributed by atoms with Crippen molar-refractivity contribution in [2.24, 2.45) is 0 Å². The van der Waals surface area contributed by atoms with Gasteiger partial charge in [-0.05, 0) is 25.0 Å². The number of nitro groups is 1. The maximum Gasteiger partial charge on any atom is 0.285 e. The Bertz CT molecular complexity index is 458. The number of alkyl halides is 1. The molecule has 1 aromatic rings. The van der Waals surface area contributed by atoms with Gasteiger partial charge in [-0.1, -0.05) is 17.9 Å². The number of aryl methyl sites for hydroxylation is 2. The molecule has 0 fully saturated rings. The molecule has 0 bridgehead atoms. The molecule has 0 saturated heterocycles. The summed E-state index contributed by atoms with van der Waals surface area (Å²) in [6.07, 6.45) is 0. The zero-order chi connectivity index (χ0) is 11.4. The quantitative estimate of drug-likeness (QED) is 0.318. The average molecular weight is 224 g/mol. The lowest BCUT2D eigenvalue weighted by atomic mass is 10.0. The van der Waals surface area contributed by atoms with Gasteiger partial charge in [0.15, 0.2) is 0 Å². The fourth-order valence-corrected chi connectivity index (χ4v) is 1.44. The molecular formula is C11H10ClNO2. The average Bonchev–Trinajstić information content (AvgIpc) is 2.15. The van der Waals surface area contributed by atoms with Crippen molar-refractivity contribution in [1.29, 1.82) is 0 Å². The number of halogens is 1. The van der Waals surface area contributed by atoms with Crippen LogP contribution in [-0.2, 0) is 0 Å². The van der Waals surface area contributed by atoms with E-state index in [4.69, 9.17) is 11.6 Å². The summed E-state index contributed by atoms with van der Waals surface area (Å²) >= 11 is 5.42. The third-order valence-electron chi connectivity index (χ3n) is 1.94. The topological polar surface area (TPSA) is 43.1 Å². The van der Waals surface area contributed by atoms with E-state index in [1.54, 1.807) is 6.92 Å². The van der Waals surface area contributed by atoms with E-state index < -0.39 is 4.92 Å². The summed E-state index contributed by atoms with van der Waals surface area (Å²) in [4.78, 5) is 10.4. The molecule has 0 heterocycles. The van der Waals surface area contributed by atoms with Crippen LogP contribution in [0.3, 0.4) is 0 Å². The van der Waals surface area contributed by atoms with Crippen LogP contribution in [0, 0.1) is 35.8 Å². The zero-order valence-electron chi connectivity index (χ0n) is 8.50. The van der Waals surface area contributed by atoms with Crippen molar-refractivity contribution in [2.45, 2.75) is 13.8 Å². The zero-order valence-corrected chi connectivity index (χ0v) is 9.26. The summed E-state index contributed by atoms with van der Waals surface area (Å²) < 4.78 is 0. The Kier molecular flexibility index (Phi) is 3.70. The van der Waals surface area contributed by atoms with E-state index in [-0.39, 0.29) is 11.6 Å². The maximum absolute atomic E-state index is 10.8. The Labute approximate surface area is 93.2 Å². The second-order valence-electron chi connectivity index (χ2n) is 3.17. The smallest absolute Gasteiger partial charge is 0.258 e. The summed E-state index contributed by atoms with van der Waals surface area (Å²) in [7, 11) is 0. The van der Waals surface area contributed by atoms with Gasteiger partial charge in [0.05, 0.1) is 10.8 Å². The molecule has 1 aromatic carbocycles. The fourth-order valence-electron chi connectivity index (χ4n) is 1.37. The van der Waals surface area contributed by atoms with E-state index >= 15 is 0 Å². The lowest BCUT2D eigenvalue weighted by molar-refractivity contribution is -0.385. The molecular weight excluding hydrogens is 214 g/mol. The van der Waals surface area contributed by atoms with Gasteiger partial charge in [-0.15, -0.1) is 11.6 Å². The third-order valence-corrected chi connectivity index (χ3v) is 2.07. The predicted molar refractivity (Wildman–Crippen MR) is 60.2 cm³/mol. The van der Waals surface area contributed by atoms with E-state index in [0.29, 0.717) is 5.56 Å². The molecule has 0 amide bonds. The van der Waals surface area contributed by atoms with Crippen LogP contribution in [0.25, 0.3) is 0 Å². The molecule has 0 saturated carbocycles. The molecule has 4 heteroatoms. The molecule has 0 atom stereocenters. The van der Waals surface area contributed by atoms with Gasteiger partial charge in [0.1, 0.15) is 5.56 Å². The molecule has 0 spiro atoms. The van der Waals surface area contributed by atoms with Gasteiger partial charge in [-0.2, -0.15) is 0 Å². The number of nitro benzene ring substituents is 1. The first kappa shape index (κ1) is 11.5. The predicted octanol–water partition coefficient (Wildman–Crippen LogP) is 2.80. The summed E-state index contributed by atoms with van der Waals surface area (Å²) in [5.41, 5.74) is 2.16. The number of nitrogens with zero attached hydrogens (tertiary/aromatic N) is 1. The normalized spacial score (nSPS) is 9.27. The second kappa shape index (κ2) is 4.81. The van der Waals surface area contributed by atoms with Crippen LogP contribution in [0.2, 0.25) is 0 Å². The maximum atomic E-state index is 10.8. The lowest BCUT2D eigenvalue weighted by Gasteiger charge is -2.01. The van der Waals surface area contributed by atoms with Crippen LogP contribution in [0.4, 0.5) is 5.69 Å². The van der Waals surface area contributed by atoms with Crippen molar-refractivity contribution in [1.82, 2.24) is 0 Å². The van der Waals surface area contributed by atoms with Crippen molar-refractivity contribution in [3.63, 3.8) is 0 Å². The Morgan fingerprint density at radius 3 is 2.67 bits per heavy atom. The molecule has 1 rings (SSSR count). The molecule has 0 aliphatic carbocycles. The largest absolute Gasteiger partial charge is 0.285 e. The SMILES string of the molecule is Cc1cc(C)c(C#CCCl)c([N+](=O)[O-])c1. The molecule has 0 N–H and O–H groups in total. The number of benzene rings is 1. The van der Waals surface area contributed by atoms with Crippen molar-refractivity contribution in [3.8, 4) is 11.8 Å². The van der Waals surface area contributed by atoms with Crippen LogP contribution in [0.5, 0.6) is 0 Å². The van der Waals surface area contributed by atoms with Crippen molar-refractivity contribution >= 4 is 17.3 Å². The standard InChI is InChI=1S/C11H10ClNO2/c1-8-6-9(2)10(4-3-5-12)11(7-8)13(14)15/h6-7H,5H2,1-2H3. The van der Waals surface area contributed by atoms with Gasteiger partial charge in [0.2, 0.25) is 0 Å². The van der Waals surface area contributed by atoms with Crippen molar-refractivity contribution < 1.29 is 4.92 Å². The molecule has 0 aliphatic rings. The monoisotopic (exact) mass is 223 g/mol. The number of hydrogen-bond acceptors (Lipinski definition) is 2. The molecule has 0 radical (unpaired) electrons. The minimum Gasteiger partial charge on any atom is -0.258 e. The van der Waals surface area contributed by atoms with E-state index in [1.807, 2.05) is 13.0 Å². The summed E-state index contributed by atoms with van der Waals surface area (Å²) in [6.45, 7) is 3.62. The van der Waals surface area contributed by atoms with Gasteiger partial charge in [0, 0.05) is 6.07 Å². The molecule has 0 aliphatic heterocycles. The van der Waals surface area contributed by atoms with Crippen LogP contribution >= 0.6 is 11.6 Å². The van der Waals surface area contributed by atoms with Gasteiger partial charge in [-0.25, -0.2) is 0 Å². The summed E-state index contributed by atoms with van der Waals surface area (Å²) in [6, 6.07) is 3.39.